The van der Waals surface area contributed by atoms with Crippen molar-refractivity contribution in [2.75, 3.05) is 6.54 Å². The first kappa shape index (κ1) is 48.8. The van der Waals surface area contributed by atoms with Gasteiger partial charge in [0.15, 0.2) is 0 Å². The van der Waals surface area contributed by atoms with Crippen LogP contribution < -0.4 is 24.8 Å². The maximum Gasteiger partial charge on any atom is 0.408 e. The highest BCUT2D eigenvalue weighted by molar-refractivity contribution is 7.91. The van der Waals surface area contributed by atoms with Crippen molar-refractivity contribution in [2.24, 2.45) is 17.8 Å². The van der Waals surface area contributed by atoms with Gasteiger partial charge < -0.3 is 29.7 Å². The van der Waals surface area contributed by atoms with Crippen LogP contribution in [0, 0.1) is 17.8 Å². The molecule has 1 aromatic carbocycles. The zero-order valence-electron chi connectivity index (χ0n) is 35.0. The number of carbonyl (C=O) groups is 4. The van der Waals surface area contributed by atoms with Gasteiger partial charge in [0.1, 0.15) is 29.5 Å². The van der Waals surface area contributed by atoms with E-state index in [1.165, 1.54) is 4.90 Å². The number of nitrogens with one attached hydrogen (secondary N) is 3. The highest BCUT2D eigenvalue weighted by atomic mass is 35.6. The first-order valence-corrected chi connectivity index (χ1v) is 24.2. The van der Waals surface area contributed by atoms with Crippen LogP contribution in [0.1, 0.15) is 86.5 Å². The molecule has 3 fully saturated rings. The number of rotatable bonds is 9. The molecule has 1 aromatic heterocycles. The molecule has 1 saturated heterocycles. The van der Waals surface area contributed by atoms with Crippen molar-refractivity contribution in [3.63, 3.8) is 0 Å². The number of fused-ring (bicyclic) bond motifs is 3. The summed E-state index contributed by atoms with van der Waals surface area (Å²) in [5.74, 6) is -2.50. The van der Waals surface area contributed by atoms with Gasteiger partial charge in [-0.3, -0.25) is 19.1 Å². The van der Waals surface area contributed by atoms with Crippen LogP contribution in [0.3, 0.4) is 0 Å². The van der Waals surface area contributed by atoms with E-state index in [2.05, 4.69) is 20.3 Å². The summed E-state index contributed by atoms with van der Waals surface area (Å²) in [5, 5.41) is 6.88. The maximum absolute atomic E-state index is 15.0. The van der Waals surface area contributed by atoms with E-state index in [0.29, 0.717) is 43.2 Å². The Morgan fingerprint density at radius 1 is 1.03 bits per heavy atom. The Labute approximate surface area is 391 Å². The number of alkyl halides is 6. The van der Waals surface area contributed by atoms with Gasteiger partial charge in [-0.1, -0.05) is 95.6 Å². The third-order valence-corrected chi connectivity index (χ3v) is 16.6. The zero-order valence-corrected chi connectivity index (χ0v) is 40.3. The Balaban J connectivity index is 1.36. The van der Waals surface area contributed by atoms with Gasteiger partial charge in [0.2, 0.25) is 40.9 Å². The third-order valence-electron chi connectivity index (χ3n) is 12.2. The van der Waals surface area contributed by atoms with Crippen molar-refractivity contribution in [1.82, 2.24) is 25.2 Å². The number of allylic oxidation sites excluding steroid dienone is 1. The number of pyridine rings is 1. The summed E-state index contributed by atoms with van der Waals surface area (Å²) in [7, 11) is -4.07. The number of halogens is 6. The van der Waals surface area contributed by atoms with Crippen LogP contribution in [0.25, 0.3) is 10.8 Å². The van der Waals surface area contributed by atoms with Gasteiger partial charge >= 0.3 is 6.09 Å². The summed E-state index contributed by atoms with van der Waals surface area (Å²) >= 11 is 36.9. The number of nitrogens with zero attached hydrogens (tertiary/aromatic N) is 2. The van der Waals surface area contributed by atoms with E-state index < -0.39 is 87.3 Å². The highest BCUT2D eigenvalue weighted by Gasteiger charge is 2.64. The molecule has 7 atom stereocenters. The summed E-state index contributed by atoms with van der Waals surface area (Å²) in [4.78, 5) is 63.2. The van der Waals surface area contributed by atoms with Crippen molar-refractivity contribution < 1.29 is 41.8 Å². The van der Waals surface area contributed by atoms with Crippen LogP contribution >= 0.6 is 69.6 Å². The molecule has 0 radical (unpaired) electrons. The molecule has 2 aliphatic carbocycles. The fourth-order valence-electron chi connectivity index (χ4n) is 7.94. The summed E-state index contributed by atoms with van der Waals surface area (Å²) in [6, 6.07) is 4.62. The van der Waals surface area contributed by atoms with Crippen LogP contribution in [0.2, 0.25) is 0 Å². The molecule has 4 amide bonds. The van der Waals surface area contributed by atoms with Crippen molar-refractivity contribution in [2.45, 2.75) is 134 Å². The second-order valence-electron chi connectivity index (χ2n) is 17.7. The van der Waals surface area contributed by atoms with Gasteiger partial charge in [-0.25, -0.2) is 18.2 Å². The van der Waals surface area contributed by atoms with E-state index in [1.54, 1.807) is 38.2 Å². The van der Waals surface area contributed by atoms with E-state index in [1.807, 2.05) is 39.0 Å². The predicted octanol–water partition coefficient (Wildman–Crippen LogP) is 7.85. The molecule has 2 saturated carbocycles. The Morgan fingerprint density at radius 3 is 2.34 bits per heavy atom. The third kappa shape index (κ3) is 10.2. The number of ether oxygens (including phenoxy) is 3. The Bertz CT molecular complexity index is 2200. The fraction of sp³-hybridized carbons (Fsp3) is 0.634. The number of hydrogen-bond donors (Lipinski definition) is 3. The number of hydrogen-bond acceptors (Lipinski definition) is 10. The smallest absolute Gasteiger partial charge is 0.408 e. The van der Waals surface area contributed by atoms with Crippen molar-refractivity contribution in [1.29, 1.82) is 0 Å². The molecule has 21 heteroatoms. The normalized spacial score (nSPS) is 28.7. The van der Waals surface area contributed by atoms with E-state index in [4.69, 9.17) is 83.8 Å². The van der Waals surface area contributed by atoms with Crippen LogP contribution in [0.15, 0.2) is 42.6 Å². The molecule has 3 heterocycles. The quantitative estimate of drug-likeness (QED) is 0.165. The molecule has 2 aliphatic heterocycles. The molecular weight excluding hydrogens is 951 g/mol. The molecule has 0 unspecified atom stereocenters. The average molecular weight is 1000 g/mol. The Morgan fingerprint density at radius 2 is 1.71 bits per heavy atom. The molecule has 2 aromatic rings. The number of benzene rings is 1. The van der Waals surface area contributed by atoms with Gasteiger partial charge in [-0.05, 0) is 108 Å². The van der Waals surface area contributed by atoms with Crippen LogP contribution in [-0.4, -0.2) is 96.4 Å². The van der Waals surface area contributed by atoms with Crippen LogP contribution in [0.4, 0.5) is 4.79 Å². The molecule has 3 N–H and O–H groups in total. The highest BCUT2D eigenvalue weighted by Crippen LogP contribution is 2.53. The molecule has 14 nitrogen and oxygen atoms in total. The molecule has 62 heavy (non-hydrogen) atoms. The van der Waals surface area contributed by atoms with Gasteiger partial charge in [-0.15, -0.1) is 0 Å². The van der Waals surface area contributed by atoms with Gasteiger partial charge in [-0.2, -0.15) is 0 Å². The van der Waals surface area contributed by atoms with E-state index in [-0.39, 0.29) is 37.3 Å². The largest absolute Gasteiger partial charge is 0.491 e. The minimum Gasteiger partial charge on any atom is -0.491 e. The maximum atomic E-state index is 15.0. The zero-order chi connectivity index (χ0) is 45.8. The van der Waals surface area contributed by atoms with Gasteiger partial charge in [0.25, 0.3) is 5.91 Å². The monoisotopic (exact) mass is 999 g/mol. The summed E-state index contributed by atoms with van der Waals surface area (Å²) in [6.45, 7) is 10.1. The number of aromatic nitrogens is 1. The van der Waals surface area contributed by atoms with Crippen molar-refractivity contribution in [3.05, 3.63) is 42.6 Å². The topological polar surface area (TPSA) is 182 Å². The lowest BCUT2D eigenvalue weighted by atomic mass is 9.88. The van der Waals surface area contributed by atoms with Crippen molar-refractivity contribution >= 4 is 114 Å². The van der Waals surface area contributed by atoms with Crippen LogP contribution in [0.5, 0.6) is 11.6 Å². The molecule has 342 valence electrons. The molecule has 0 bridgehead atoms. The lowest BCUT2D eigenvalue weighted by molar-refractivity contribution is -0.142. The number of carbonyl (C=O) groups excluding carboxylic acids is 4. The van der Waals surface area contributed by atoms with E-state index in [0.717, 1.165) is 12.3 Å². The Hall–Kier alpha value is -2.66. The summed E-state index contributed by atoms with van der Waals surface area (Å²) in [5.41, 5.74) is -3.97. The van der Waals surface area contributed by atoms with E-state index in [9.17, 15) is 22.8 Å². The van der Waals surface area contributed by atoms with Gasteiger partial charge in [0.05, 0.1) is 17.4 Å². The number of amides is 4. The van der Waals surface area contributed by atoms with Gasteiger partial charge in [0, 0.05) is 23.9 Å². The van der Waals surface area contributed by atoms with Crippen molar-refractivity contribution in [3.8, 4) is 11.6 Å². The summed E-state index contributed by atoms with van der Waals surface area (Å²) < 4.78 is 40.6. The number of sulfonamides is 1. The molecule has 6 rings (SSSR count). The molecule has 0 spiro atoms. The standard InChI is InChI=1S/C41H51Cl6N5O9S/c1-22(2)59-27-11-12-29-25(18-27)13-16-48-33(29)60-28-19-30-32(53)50-39(35(55)51-62(57,58)37(5)14-15-37)20-26(39)10-8-7-9-23(3)17-24(4)31(34(54)52(30)21-28)49-36(56)61-38(6,40(42,43)44)41(45,46)47/h8,10-13,16,18,22-24,26,28,30-31H,7,9,14-15,17,19-21H2,1-6H3,(H,49,56)(H,50,53)(H,51,55)/b10-8-/t23-,24+,26+,28+,30-,31-,39+/m0/s1. The second kappa shape index (κ2) is 18.0. The van der Waals surface area contributed by atoms with Crippen LogP contribution in [-0.2, 0) is 29.1 Å². The molecule has 4 aliphatic rings. The van der Waals surface area contributed by atoms with E-state index >= 15 is 4.79 Å². The SMILES string of the molecule is CC(C)Oc1ccc2c(O[C@@H]3C[C@H]4C(=O)N[C@]5(C(=O)NS(=O)(=O)C6(C)CC6)C[C@H]5/C=C\CC[C@H](C)C[C@@H](C)[C@H](NC(=O)OC(C)(C(Cl)(Cl)Cl)C(Cl)(Cl)Cl)C(=O)N4C3)nccc2c1. The summed E-state index contributed by atoms with van der Waals surface area (Å²) in [6.07, 6.45) is 5.66. The molecular formula is C41H51Cl6N5O9S. The first-order chi connectivity index (χ1) is 28.7. The average Bonchev–Trinajstić information content (AvgIpc) is 4.04. The lowest BCUT2D eigenvalue weighted by Gasteiger charge is -2.41. The fourth-order valence-corrected chi connectivity index (χ4v) is 10.8. The first-order valence-electron chi connectivity index (χ1n) is 20.4. The minimum atomic E-state index is -4.07. The number of alkyl carbamates (subject to hydrolysis) is 1. The minimum absolute atomic E-state index is 0.00584. The Kier molecular flexibility index (Phi) is 14.1. The lowest BCUT2D eigenvalue weighted by Crippen LogP contribution is -2.60. The predicted molar refractivity (Wildman–Crippen MR) is 239 cm³/mol. The second-order valence-corrected chi connectivity index (χ2v) is 24.4.